The molecule has 0 aliphatic carbocycles. The fraction of sp³-hybridized carbons (Fsp3) is 0.0833. The van der Waals surface area contributed by atoms with Gasteiger partial charge in [0, 0.05) is 12.3 Å². The molecule has 0 unspecified atom stereocenters. The number of methoxy groups -OCH3 is 1. The molecule has 106 valence electrons. The van der Waals surface area contributed by atoms with Crippen molar-refractivity contribution in [3.05, 3.63) is 42.3 Å². The van der Waals surface area contributed by atoms with Crippen LogP contribution in [0, 0.1) is 5.82 Å². The van der Waals surface area contributed by atoms with Gasteiger partial charge in [0.2, 0.25) is 5.03 Å². The molecular formula is C12H12FN3O3S. The molecule has 0 aliphatic heterocycles. The van der Waals surface area contributed by atoms with E-state index in [0.29, 0.717) is 11.4 Å². The maximum absolute atomic E-state index is 13.5. The van der Waals surface area contributed by atoms with Crippen LogP contribution in [0.3, 0.4) is 0 Å². The first-order valence-electron chi connectivity index (χ1n) is 5.51. The summed E-state index contributed by atoms with van der Waals surface area (Å²) < 4.78 is 44.7. The summed E-state index contributed by atoms with van der Waals surface area (Å²) in [6.45, 7) is 0. The van der Waals surface area contributed by atoms with Crippen molar-refractivity contribution in [2.75, 3.05) is 17.6 Å². The summed E-state index contributed by atoms with van der Waals surface area (Å²) >= 11 is 0. The van der Waals surface area contributed by atoms with Gasteiger partial charge >= 0.3 is 0 Å². The largest absolute Gasteiger partial charge is 0.495 e. The van der Waals surface area contributed by atoms with Crippen LogP contribution in [0.1, 0.15) is 0 Å². The van der Waals surface area contributed by atoms with Crippen LogP contribution >= 0.6 is 0 Å². The van der Waals surface area contributed by atoms with Gasteiger partial charge in [-0.1, -0.05) is 0 Å². The highest BCUT2D eigenvalue weighted by Crippen LogP contribution is 2.26. The Morgan fingerprint density at radius 2 is 2.10 bits per heavy atom. The minimum absolute atomic E-state index is 0.195. The van der Waals surface area contributed by atoms with E-state index in [9.17, 15) is 12.8 Å². The lowest BCUT2D eigenvalue weighted by Crippen LogP contribution is -2.16. The molecule has 0 saturated carbocycles. The second-order valence-electron chi connectivity index (χ2n) is 3.85. The number of aromatic nitrogens is 1. The number of hydrogen-bond acceptors (Lipinski definition) is 5. The van der Waals surface area contributed by atoms with Crippen molar-refractivity contribution in [2.24, 2.45) is 0 Å². The van der Waals surface area contributed by atoms with Gasteiger partial charge in [-0.2, -0.15) is 8.42 Å². The van der Waals surface area contributed by atoms with Crippen molar-refractivity contribution in [3.63, 3.8) is 0 Å². The van der Waals surface area contributed by atoms with Crippen LogP contribution in [0.2, 0.25) is 0 Å². The highest BCUT2D eigenvalue weighted by Gasteiger charge is 2.20. The number of pyridine rings is 1. The van der Waals surface area contributed by atoms with E-state index in [0.717, 1.165) is 6.07 Å². The average Bonchev–Trinajstić information content (AvgIpc) is 2.41. The van der Waals surface area contributed by atoms with Crippen LogP contribution in [-0.2, 0) is 10.0 Å². The Labute approximate surface area is 115 Å². The second-order valence-corrected chi connectivity index (χ2v) is 5.45. The van der Waals surface area contributed by atoms with Gasteiger partial charge < -0.3 is 10.5 Å². The highest BCUT2D eigenvalue weighted by atomic mass is 32.2. The standard InChI is InChI=1S/C12H12FN3O3S/c1-19-11-7-8(4-5-10(11)14)16-20(17,18)12-9(13)3-2-6-15-12/h2-7,16H,14H2,1H3. The number of anilines is 2. The molecule has 1 aromatic heterocycles. The Balaban J connectivity index is 2.36. The molecule has 0 spiro atoms. The molecule has 0 radical (unpaired) electrons. The fourth-order valence-electron chi connectivity index (χ4n) is 1.55. The molecule has 1 aromatic carbocycles. The van der Waals surface area contributed by atoms with Gasteiger partial charge in [-0.15, -0.1) is 0 Å². The van der Waals surface area contributed by atoms with Crippen molar-refractivity contribution in [2.45, 2.75) is 5.03 Å². The van der Waals surface area contributed by atoms with Crippen LogP contribution in [0.15, 0.2) is 41.6 Å². The number of nitrogens with two attached hydrogens (primary N) is 1. The van der Waals surface area contributed by atoms with Gasteiger partial charge in [0.05, 0.1) is 18.5 Å². The van der Waals surface area contributed by atoms with Crippen LogP contribution in [-0.4, -0.2) is 20.5 Å². The van der Waals surface area contributed by atoms with E-state index in [1.165, 1.54) is 37.6 Å². The van der Waals surface area contributed by atoms with Crippen LogP contribution in [0.4, 0.5) is 15.8 Å². The first-order chi connectivity index (χ1) is 9.44. The monoisotopic (exact) mass is 297 g/mol. The highest BCUT2D eigenvalue weighted by molar-refractivity contribution is 7.92. The SMILES string of the molecule is COc1cc(NS(=O)(=O)c2ncccc2F)ccc1N. The zero-order valence-electron chi connectivity index (χ0n) is 10.5. The van der Waals surface area contributed by atoms with E-state index in [1.807, 2.05) is 0 Å². The number of benzene rings is 1. The van der Waals surface area contributed by atoms with E-state index in [2.05, 4.69) is 9.71 Å². The molecule has 1 heterocycles. The zero-order chi connectivity index (χ0) is 14.8. The molecule has 0 fully saturated rings. The quantitative estimate of drug-likeness (QED) is 0.836. The molecular weight excluding hydrogens is 285 g/mol. The smallest absolute Gasteiger partial charge is 0.282 e. The van der Waals surface area contributed by atoms with Crippen LogP contribution < -0.4 is 15.2 Å². The average molecular weight is 297 g/mol. The first kappa shape index (κ1) is 14.1. The number of ether oxygens (including phenoxy) is 1. The number of sulfonamides is 1. The minimum Gasteiger partial charge on any atom is -0.495 e. The van der Waals surface area contributed by atoms with Crippen molar-refractivity contribution in [3.8, 4) is 5.75 Å². The summed E-state index contributed by atoms with van der Waals surface area (Å²) in [5, 5.41) is -0.671. The number of halogens is 1. The fourth-order valence-corrected chi connectivity index (χ4v) is 2.61. The van der Waals surface area contributed by atoms with Crippen molar-refractivity contribution < 1.29 is 17.5 Å². The van der Waals surface area contributed by atoms with Crippen molar-refractivity contribution in [1.82, 2.24) is 4.98 Å². The maximum Gasteiger partial charge on any atom is 0.282 e. The summed E-state index contributed by atoms with van der Waals surface area (Å²) in [4.78, 5) is 3.52. The topological polar surface area (TPSA) is 94.3 Å². The molecule has 6 nitrogen and oxygen atoms in total. The molecule has 20 heavy (non-hydrogen) atoms. The summed E-state index contributed by atoms with van der Waals surface area (Å²) in [7, 11) is -2.71. The van der Waals surface area contributed by atoms with Crippen LogP contribution in [0.25, 0.3) is 0 Å². The number of nitrogen functional groups attached to an aromatic ring is 1. The lowest BCUT2D eigenvalue weighted by atomic mass is 10.3. The lowest BCUT2D eigenvalue weighted by molar-refractivity contribution is 0.417. The molecule has 0 bridgehead atoms. The third-order valence-corrected chi connectivity index (χ3v) is 3.78. The van der Waals surface area contributed by atoms with E-state index in [-0.39, 0.29) is 5.69 Å². The lowest BCUT2D eigenvalue weighted by Gasteiger charge is -2.10. The third-order valence-electron chi connectivity index (χ3n) is 2.46. The summed E-state index contributed by atoms with van der Waals surface area (Å²) in [5.41, 5.74) is 6.18. The molecule has 2 aromatic rings. The summed E-state index contributed by atoms with van der Waals surface area (Å²) in [5.74, 6) is -0.617. The predicted molar refractivity (Wildman–Crippen MR) is 72.4 cm³/mol. The second kappa shape index (κ2) is 5.33. The number of rotatable bonds is 4. The van der Waals surface area contributed by atoms with Gasteiger partial charge in [0.15, 0.2) is 5.82 Å². The first-order valence-corrected chi connectivity index (χ1v) is 6.99. The molecule has 0 saturated heterocycles. The Kier molecular flexibility index (Phi) is 3.75. The maximum atomic E-state index is 13.5. The third kappa shape index (κ3) is 2.80. The van der Waals surface area contributed by atoms with Gasteiger partial charge in [0.1, 0.15) is 5.75 Å². The number of hydrogen-bond donors (Lipinski definition) is 2. The zero-order valence-corrected chi connectivity index (χ0v) is 11.3. The summed E-state index contributed by atoms with van der Waals surface area (Å²) in [6, 6.07) is 6.64. The van der Waals surface area contributed by atoms with E-state index in [4.69, 9.17) is 10.5 Å². The van der Waals surface area contributed by atoms with E-state index in [1.54, 1.807) is 0 Å². The van der Waals surface area contributed by atoms with Gasteiger partial charge in [-0.3, -0.25) is 4.72 Å². The molecule has 2 rings (SSSR count). The van der Waals surface area contributed by atoms with Crippen LogP contribution in [0.5, 0.6) is 5.75 Å². The van der Waals surface area contributed by atoms with E-state index < -0.39 is 20.9 Å². The van der Waals surface area contributed by atoms with Gasteiger partial charge in [0.25, 0.3) is 10.0 Å². The number of nitrogens with zero attached hydrogens (tertiary/aromatic N) is 1. The Morgan fingerprint density at radius 1 is 1.35 bits per heavy atom. The number of nitrogens with one attached hydrogen (secondary N) is 1. The molecule has 0 aliphatic rings. The van der Waals surface area contributed by atoms with Crippen molar-refractivity contribution in [1.29, 1.82) is 0 Å². The van der Waals surface area contributed by atoms with Crippen molar-refractivity contribution >= 4 is 21.4 Å². The Hall–Kier alpha value is -2.35. The Bertz CT molecular complexity index is 734. The molecule has 8 heteroatoms. The normalized spacial score (nSPS) is 11.1. The summed E-state index contributed by atoms with van der Waals surface area (Å²) in [6.07, 6.45) is 1.20. The minimum atomic E-state index is -4.11. The molecule has 0 amide bonds. The van der Waals surface area contributed by atoms with Gasteiger partial charge in [-0.25, -0.2) is 9.37 Å². The molecule has 0 atom stereocenters. The molecule has 3 N–H and O–H groups in total. The Morgan fingerprint density at radius 3 is 2.75 bits per heavy atom. The predicted octanol–water partition coefficient (Wildman–Crippen LogP) is 1.61. The van der Waals surface area contributed by atoms with E-state index >= 15 is 0 Å². The van der Waals surface area contributed by atoms with Gasteiger partial charge in [-0.05, 0) is 24.3 Å².